The summed E-state index contributed by atoms with van der Waals surface area (Å²) in [5.41, 5.74) is 21.8. The minimum atomic E-state index is -1.94. The van der Waals surface area contributed by atoms with Crippen LogP contribution in [0.15, 0.2) is 128 Å². The summed E-state index contributed by atoms with van der Waals surface area (Å²) in [4.78, 5) is 232. The number of aromatic hydroxyl groups is 1. The number of aliphatic hydroxyl groups is 2. The fourth-order valence-corrected chi connectivity index (χ4v) is 16.7. The number of nitrogens with zero attached hydrogens (tertiary/aromatic N) is 1. The van der Waals surface area contributed by atoms with Crippen LogP contribution in [0.3, 0.4) is 0 Å². The summed E-state index contributed by atoms with van der Waals surface area (Å²) in [7, 11) is 0. The van der Waals surface area contributed by atoms with Gasteiger partial charge in [0.15, 0.2) is 0 Å². The lowest BCUT2D eigenvalue weighted by Crippen LogP contribution is -2.63. The van der Waals surface area contributed by atoms with Gasteiger partial charge in [-0.2, -0.15) is 11.8 Å². The highest BCUT2D eigenvalue weighted by molar-refractivity contribution is 8.00. The maximum absolute atomic E-state index is 14.9. The Kier molecular flexibility index (Phi) is 39.6. The molecule has 2 fully saturated rings. The van der Waals surface area contributed by atoms with Crippen LogP contribution in [-0.4, -0.2) is 265 Å². The van der Waals surface area contributed by atoms with Gasteiger partial charge in [0.1, 0.15) is 60.1 Å². The Morgan fingerprint density at radius 1 is 0.462 bits per heavy atom. The number of phenols is 1. The van der Waals surface area contributed by atoms with Gasteiger partial charge < -0.3 is 133 Å². The molecule has 0 aliphatic carbocycles. The molecule has 2 aliphatic heterocycles. The summed E-state index contributed by atoms with van der Waals surface area (Å²) >= 11 is 1.81. The Morgan fingerprint density at radius 2 is 0.955 bits per heavy atom. The van der Waals surface area contributed by atoms with Crippen LogP contribution >= 0.6 is 11.8 Å². The Hall–Kier alpha value is -13.5. The Bertz CT molecular complexity index is 5110. The molecule has 15 atom stereocenters. The van der Waals surface area contributed by atoms with Gasteiger partial charge in [0, 0.05) is 90.0 Å². The van der Waals surface area contributed by atoms with E-state index < -0.39 is 187 Å². The monoisotopic (exact) mass is 1850 g/mol. The number of unbranched alkanes of at least 4 members (excludes halogenated alkanes) is 3. The predicted octanol–water partition coefficient (Wildman–Crippen LogP) is -3.21. The molecule has 17 amide bonds. The number of aromatic nitrogens is 4. The van der Waals surface area contributed by atoms with Gasteiger partial charge in [-0.15, -0.1) is 0 Å². The van der Waals surface area contributed by atoms with Crippen LogP contribution in [0.5, 0.6) is 5.75 Å². The van der Waals surface area contributed by atoms with Crippen LogP contribution in [0.2, 0.25) is 0 Å². The number of benzene rings is 4. The number of thioether (sulfide) groups is 1. The molecule has 9 rings (SSSR count). The lowest BCUT2D eigenvalue weighted by atomic mass is 9.99. The highest BCUT2D eigenvalue weighted by atomic mass is 32.2. The van der Waals surface area contributed by atoms with E-state index in [1.165, 1.54) is 36.8 Å². The van der Waals surface area contributed by atoms with E-state index >= 15 is 0 Å². The molecule has 0 spiro atoms. The zero-order valence-corrected chi connectivity index (χ0v) is 74.7. The average molecular weight is 1850 g/mol. The minimum absolute atomic E-state index is 0.0238. The molecule has 2 saturated heterocycles. The van der Waals surface area contributed by atoms with Crippen molar-refractivity contribution in [2.24, 2.45) is 23.1 Å². The zero-order chi connectivity index (χ0) is 95.5. The Morgan fingerprint density at radius 3 is 1.56 bits per heavy atom. The molecule has 43 heteroatoms. The van der Waals surface area contributed by atoms with Crippen molar-refractivity contribution in [3.63, 3.8) is 0 Å². The van der Waals surface area contributed by atoms with E-state index in [0.717, 1.165) is 48.9 Å². The maximum atomic E-state index is 14.9. The molecule has 0 bridgehead atoms. The van der Waals surface area contributed by atoms with E-state index in [1.807, 2.05) is 42.1 Å². The number of imidazole rings is 1. The average Bonchev–Trinajstić information content (AvgIpc) is 1.66. The molecule has 0 unspecified atom stereocenters. The van der Waals surface area contributed by atoms with Crippen LogP contribution in [0.1, 0.15) is 120 Å². The fourth-order valence-electron chi connectivity index (χ4n) is 15.2. The summed E-state index contributed by atoms with van der Waals surface area (Å²) in [5, 5.41) is 75.5. The van der Waals surface area contributed by atoms with Crippen molar-refractivity contribution in [2.75, 3.05) is 45.0 Å². The van der Waals surface area contributed by atoms with Crippen molar-refractivity contribution in [3.05, 3.63) is 156 Å². The standard InChI is InChI=1S/C89H121N23O19S/c1-48(2)75(109-84(126)64(35-52-28-30-56(115)31-29-52)106-83(125)66(37-54-40-96-61-23-11-9-21-58(54)61)105-80(122)59(91)34-51-18-6-5-7-19-51)87(129)107-67(38-55-41-93-47-101-55)85(127)110-77(50(4)114)88(130)111-76(49(3)113)86(128)100-45-74(120)103-65(36-53-39-95-60-22-10-8-20-57(53)60)82(124)104-63(25-14-16-32-90)81(123)99-43-72(118)97-42-71(117)98-44-73(119)102-62(79(92)121)24-15-17-33-94-70(116)27-13-12-26-69-78-68(46-132-69)108-89(131)112-78/h5-11,18-23,28-31,39-41,47-50,59,62-69,75-78,95-96,113-115H,12-17,24-27,32-38,42-46,90-91H2,1-4H3,(H2,92,121)(H,93,101)(H,94,116)(H,97,118)(H,98,117)(H,99,123)(H,100,128)(H,102,119)(H,103,120)(H,104,124)(H,105,122)(H,106,125)(H,107,129)(H,109,126)(H,110,127)(H,111,130)(H2,108,112,131)/t49-,50-,59+,62+,63+,64+,65+,66+,67+,68+,69+,75+,76+,77+,78+/m1/s1. The number of carbonyl (C=O) groups excluding carboxylic acids is 16. The third-order valence-electron chi connectivity index (χ3n) is 22.4. The van der Waals surface area contributed by atoms with Crippen LogP contribution in [0.4, 0.5) is 4.79 Å². The van der Waals surface area contributed by atoms with Crippen molar-refractivity contribution in [1.29, 1.82) is 0 Å². The molecule has 0 saturated carbocycles. The molecule has 4 aromatic carbocycles. The van der Waals surface area contributed by atoms with Gasteiger partial charge in [-0.1, -0.05) is 99.1 Å². The first-order valence-electron chi connectivity index (χ1n) is 44.0. The number of phenolic OH excluding ortho intramolecular Hbond substituents is 1. The third kappa shape index (κ3) is 32.0. The number of para-hydroxylation sites is 2. The number of H-pyrrole nitrogens is 3. The predicted molar refractivity (Wildman–Crippen MR) is 487 cm³/mol. The van der Waals surface area contributed by atoms with E-state index in [2.05, 4.69) is 105 Å². The minimum Gasteiger partial charge on any atom is -0.508 e. The number of hydrogen-bond donors (Lipinski definition) is 25. The molecule has 28 N–H and O–H groups in total. The van der Waals surface area contributed by atoms with Crippen molar-refractivity contribution in [2.45, 2.75) is 214 Å². The highest BCUT2D eigenvalue weighted by Gasteiger charge is 2.43. The molecule has 132 heavy (non-hydrogen) atoms. The number of carbonyl (C=O) groups is 16. The highest BCUT2D eigenvalue weighted by Crippen LogP contribution is 2.33. The van der Waals surface area contributed by atoms with Crippen molar-refractivity contribution < 1.29 is 92.0 Å². The molecule has 2 aliphatic rings. The summed E-state index contributed by atoms with van der Waals surface area (Å²) < 4.78 is 0. The third-order valence-corrected chi connectivity index (χ3v) is 23.9. The van der Waals surface area contributed by atoms with Crippen LogP contribution in [0.25, 0.3) is 21.8 Å². The first-order valence-corrected chi connectivity index (χ1v) is 45.0. The van der Waals surface area contributed by atoms with E-state index in [4.69, 9.17) is 17.2 Å². The van der Waals surface area contributed by atoms with Gasteiger partial charge in [0.05, 0.1) is 68.5 Å². The van der Waals surface area contributed by atoms with E-state index in [0.29, 0.717) is 71.5 Å². The number of nitrogens with two attached hydrogens (primary N) is 3. The van der Waals surface area contributed by atoms with Crippen LogP contribution in [0, 0.1) is 5.92 Å². The van der Waals surface area contributed by atoms with Crippen molar-refractivity contribution in [1.82, 2.24) is 105 Å². The van der Waals surface area contributed by atoms with Gasteiger partial charge in [-0.25, -0.2) is 9.78 Å². The Balaban J connectivity index is 0.772. The first-order chi connectivity index (χ1) is 63.2. The second kappa shape index (κ2) is 51.2. The Labute approximate surface area is 765 Å². The molecule has 3 aromatic heterocycles. The normalized spacial score (nSPS) is 16.6. The number of primary amides is 1. The van der Waals surface area contributed by atoms with Gasteiger partial charge in [-0.3, -0.25) is 71.9 Å². The molecular formula is C89H121N23O19S. The quantitative estimate of drug-likeness (QED) is 0.0132. The lowest BCUT2D eigenvalue weighted by molar-refractivity contribution is -0.138. The van der Waals surface area contributed by atoms with E-state index in [1.54, 1.807) is 74.8 Å². The lowest BCUT2D eigenvalue weighted by Gasteiger charge is -2.29. The van der Waals surface area contributed by atoms with Crippen LogP contribution < -0.4 is 102 Å². The van der Waals surface area contributed by atoms with Crippen molar-refractivity contribution in [3.8, 4) is 5.75 Å². The number of hydrogen-bond acceptors (Lipinski definition) is 23. The van der Waals surface area contributed by atoms with Gasteiger partial charge in [0.2, 0.25) is 88.6 Å². The van der Waals surface area contributed by atoms with Gasteiger partial charge >= 0.3 is 6.03 Å². The molecule has 7 aromatic rings. The summed E-state index contributed by atoms with van der Waals surface area (Å²) in [6, 6.07) is 14.4. The summed E-state index contributed by atoms with van der Waals surface area (Å²) in [6.07, 6.45) is 6.16. The number of urea groups is 1. The number of nitrogens with one attached hydrogen (secondary N) is 19. The van der Waals surface area contributed by atoms with E-state index in [9.17, 15) is 92.0 Å². The SMILES string of the molecule is CC(C)[C@H](NC(=O)[C@H](Cc1ccc(O)cc1)NC(=O)[C@H](Cc1c[nH]c2ccccc12)NC(=O)[C@@H](N)Cc1ccccc1)C(=O)N[C@@H](Cc1c[nH]cn1)C(=O)N[C@H](C(=O)N[C@H](C(=O)NCC(=O)N[C@@H](Cc1c[nH]c2ccccc12)C(=O)N[C@@H](CCCCN)C(=O)NCC(=O)NCC(=O)NCC(=O)N[C@@H](CCCCNC(=O)CCCC[C@@H]1SC[C@@H]2NC(=O)N[C@@H]21)C(N)=O)[C@@H](C)O)[C@@H](C)O. The summed E-state index contributed by atoms with van der Waals surface area (Å²) in [5.74, 6) is -13.0. The number of amides is 17. The van der Waals surface area contributed by atoms with Crippen LogP contribution in [-0.2, 0) is 104 Å². The number of rotatable bonds is 54. The van der Waals surface area contributed by atoms with E-state index in [-0.39, 0.29) is 93.4 Å². The largest absolute Gasteiger partial charge is 0.508 e. The number of aromatic amines is 3. The smallest absolute Gasteiger partial charge is 0.315 e. The molecule has 712 valence electrons. The molecular weight excluding hydrogens is 1730 g/mol. The molecule has 42 nitrogen and oxygen atoms in total. The topological polar surface area (TPSA) is 665 Å². The van der Waals surface area contributed by atoms with Gasteiger partial charge in [-0.05, 0) is 131 Å². The zero-order valence-electron chi connectivity index (χ0n) is 73.9. The second-order valence-corrected chi connectivity index (χ2v) is 34.4. The molecule has 0 radical (unpaired) electrons. The fraction of sp³-hybridized carbons (Fsp3) is 0.472. The maximum Gasteiger partial charge on any atom is 0.315 e. The number of aliphatic hydroxyl groups excluding tert-OH is 2. The first kappa shape index (κ1) is 102. The second-order valence-electron chi connectivity index (χ2n) is 33.1. The van der Waals surface area contributed by atoms with Crippen molar-refractivity contribution >= 4 is 128 Å². The molecule has 5 heterocycles. The summed E-state index contributed by atoms with van der Waals surface area (Å²) in [6.45, 7) is 3.08. The number of fused-ring (bicyclic) bond motifs is 3. The van der Waals surface area contributed by atoms with Gasteiger partial charge in [0.25, 0.3) is 0 Å².